The summed E-state index contributed by atoms with van der Waals surface area (Å²) in [6.07, 6.45) is 7.96. The molecule has 18 heteroatoms. The Morgan fingerprint density at radius 1 is 0.836 bits per heavy atom. The number of unbranched alkanes of at least 4 members (excludes halogenated alkanes) is 2. The van der Waals surface area contributed by atoms with Gasteiger partial charge >= 0.3 is 5.97 Å². The van der Waals surface area contributed by atoms with Gasteiger partial charge in [0.25, 0.3) is 30.4 Å². The number of carbonyl (C=O) groups is 1. The highest BCUT2D eigenvalue weighted by Gasteiger charge is 2.48. The molecule has 4 rings (SSSR count). The molecule has 0 aliphatic carbocycles. The van der Waals surface area contributed by atoms with Gasteiger partial charge in [-0.25, -0.2) is 0 Å². The molecular weight excluding hydrogens is 777 g/mol. The maximum absolute atomic E-state index is 12.3. The number of likely N-dealkylation sites (N-methyl/N-ethyl adjacent to an activating group) is 1. The summed E-state index contributed by atoms with van der Waals surface area (Å²) in [7, 11) is -11.9. The van der Waals surface area contributed by atoms with Gasteiger partial charge < -0.3 is 19.5 Å². The number of methoxy groups -OCH3 is 1. The Kier molecular flexibility index (Phi) is 14.3. The van der Waals surface area contributed by atoms with Crippen LogP contribution in [0.5, 0.6) is 0 Å². The van der Waals surface area contributed by atoms with Crippen LogP contribution in [0.4, 0.5) is 11.4 Å². The van der Waals surface area contributed by atoms with Crippen molar-refractivity contribution in [1.29, 1.82) is 0 Å². The number of anilines is 1. The molecule has 2 heterocycles. The van der Waals surface area contributed by atoms with Gasteiger partial charge in [-0.05, 0) is 94.8 Å². The number of carboxylic acids is 1. The molecule has 0 saturated carbocycles. The van der Waals surface area contributed by atoms with Gasteiger partial charge in [0, 0.05) is 67.6 Å². The lowest BCUT2D eigenvalue weighted by Crippen LogP contribution is -2.33. The van der Waals surface area contributed by atoms with Gasteiger partial charge in [0.05, 0.1) is 34.2 Å². The van der Waals surface area contributed by atoms with Crippen LogP contribution in [0.3, 0.4) is 0 Å². The molecule has 0 aromatic heterocycles. The third-order valence-electron chi connectivity index (χ3n) is 10.4. The first kappa shape index (κ1) is 44.2. The van der Waals surface area contributed by atoms with E-state index in [1.807, 2.05) is 43.9 Å². The first-order valence-electron chi connectivity index (χ1n) is 18.0. The lowest BCUT2D eigenvalue weighted by Gasteiger charge is -2.30. The summed E-state index contributed by atoms with van der Waals surface area (Å²) in [5.74, 6) is -1.40. The predicted octanol–water partition coefficient (Wildman–Crippen LogP) is 5.14. The van der Waals surface area contributed by atoms with E-state index in [0.717, 1.165) is 5.71 Å². The van der Waals surface area contributed by atoms with Gasteiger partial charge in [-0.2, -0.15) is 29.8 Å². The van der Waals surface area contributed by atoms with E-state index in [1.165, 1.54) is 24.3 Å². The second kappa shape index (κ2) is 17.8. The van der Waals surface area contributed by atoms with Crippen LogP contribution < -0.4 is 4.90 Å². The molecule has 2 aromatic rings. The number of nitrogens with zero attached hydrogens (tertiary/aromatic N) is 2. The van der Waals surface area contributed by atoms with Gasteiger partial charge in [0.1, 0.15) is 6.54 Å². The molecule has 0 amide bonds. The average molecular weight is 828 g/mol. The summed E-state index contributed by atoms with van der Waals surface area (Å²) in [5.41, 5.74) is 2.27. The smallest absolute Gasteiger partial charge is 0.303 e. The molecule has 2 aromatic carbocycles. The predicted molar refractivity (Wildman–Crippen MR) is 206 cm³/mol. The minimum atomic E-state index is -4.57. The van der Waals surface area contributed by atoms with E-state index in [2.05, 4.69) is 4.58 Å². The van der Waals surface area contributed by atoms with Crippen molar-refractivity contribution >= 4 is 53.4 Å². The molecule has 0 fully saturated rings. The van der Waals surface area contributed by atoms with Crippen molar-refractivity contribution in [3.63, 3.8) is 0 Å². The standard InChI is InChI=1S/C37H50N2O13S3/c1-5-38-31-16-14-27(54(45,46)47)25-29(31)36(2,18-10-24-53(42,43)44)33(38)11-9-12-34-37(3,19-21-52-23-22-51-4)30-26-28(55(48,49)50)15-17-32(30)39(34)20-8-6-7-13-35(40)41/h9,11-12,14-17,25-26H,5-8,10,13,18-24H2,1-4H3,(H3-,40,41,42,43,44,45,46,47,48,49,50)/p+1. The van der Waals surface area contributed by atoms with E-state index in [9.17, 15) is 43.7 Å². The minimum Gasteiger partial charge on any atom is -0.481 e. The molecule has 4 N–H and O–H groups in total. The SMILES string of the molecule is CCN1C(=CC=CC2=[N+](CCCCCC(=O)O)c3ccc(S(=O)(=O)O)cc3C2(C)CCOCCOC)C(C)(CCCS(=O)(=O)O)c2cc(S(=O)(=O)O)ccc21. The summed E-state index contributed by atoms with van der Waals surface area (Å²) in [4.78, 5) is 12.5. The molecule has 2 aliphatic rings. The number of rotatable bonds is 21. The van der Waals surface area contributed by atoms with E-state index in [1.54, 1.807) is 19.2 Å². The van der Waals surface area contributed by atoms with Gasteiger partial charge in [-0.1, -0.05) is 6.08 Å². The largest absolute Gasteiger partial charge is 0.481 e. The van der Waals surface area contributed by atoms with Crippen LogP contribution in [0.1, 0.15) is 76.8 Å². The van der Waals surface area contributed by atoms with Crippen LogP contribution in [0.15, 0.2) is 70.1 Å². The normalized spacial score (nSPS) is 20.9. The van der Waals surface area contributed by atoms with Crippen molar-refractivity contribution in [2.24, 2.45) is 0 Å². The summed E-state index contributed by atoms with van der Waals surface area (Å²) in [5, 5.41) is 9.15. The van der Waals surface area contributed by atoms with Gasteiger partial charge in [-0.3, -0.25) is 18.5 Å². The lowest BCUT2D eigenvalue weighted by molar-refractivity contribution is -0.438. The van der Waals surface area contributed by atoms with Gasteiger partial charge in [-0.15, -0.1) is 0 Å². The third kappa shape index (κ3) is 10.5. The van der Waals surface area contributed by atoms with Crippen molar-refractivity contribution in [3.05, 3.63) is 71.5 Å². The Labute approximate surface area is 323 Å². The van der Waals surface area contributed by atoms with Crippen molar-refractivity contribution in [3.8, 4) is 0 Å². The molecule has 2 unspecified atom stereocenters. The highest BCUT2D eigenvalue weighted by molar-refractivity contribution is 7.86. The minimum absolute atomic E-state index is 0.0277. The highest BCUT2D eigenvalue weighted by Crippen LogP contribution is 2.51. The van der Waals surface area contributed by atoms with Crippen LogP contribution in [-0.2, 0) is 55.5 Å². The van der Waals surface area contributed by atoms with Crippen LogP contribution in [0.2, 0.25) is 0 Å². The first-order valence-corrected chi connectivity index (χ1v) is 22.5. The number of aliphatic carboxylic acids is 1. The number of carboxylic acid groups (broad SMARTS) is 1. The second-order valence-electron chi connectivity index (χ2n) is 14.1. The zero-order chi connectivity index (χ0) is 40.8. The van der Waals surface area contributed by atoms with Crippen LogP contribution in [0, 0.1) is 0 Å². The van der Waals surface area contributed by atoms with Crippen LogP contribution in [0.25, 0.3) is 0 Å². The molecule has 15 nitrogen and oxygen atoms in total. The van der Waals surface area contributed by atoms with Crippen molar-refractivity contribution in [2.45, 2.75) is 86.3 Å². The number of ether oxygens (including phenoxy) is 2. The molecule has 0 radical (unpaired) electrons. The number of hydrogen-bond donors (Lipinski definition) is 4. The number of fused-ring (bicyclic) bond motifs is 2. The van der Waals surface area contributed by atoms with E-state index >= 15 is 0 Å². The van der Waals surface area contributed by atoms with Gasteiger partial charge in [0.2, 0.25) is 5.69 Å². The molecule has 0 spiro atoms. The lowest BCUT2D eigenvalue weighted by atomic mass is 9.76. The molecule has 0 saturated heterocycles. The average Bonchev–Trinajstić information content (AvgIpc) is 3.46. The quantitative estimate of drug-likeness (QED) is 0.0727. The highest BCUT2D eigenvalue weighted by atomic mass is 32.2. The summed E-state index contributed by atoms with van der Waals surface area (Å²) >= 11 is 0. The Morgan fingerprint density at radius 2 is 1.49 bits per heavy atom. The van der Waals surface area contributed by atoms with E-state index in [0.29, 0.717) is 80.2 Å². The number of allylic oxidation sites excluding steroid dienone is 4. The Balaban J connectivity index is 1.87. The molecule has 304 valence electrons. The summed E-state index contributed by atoms with van der Waals surface area (Å²) in [6.45, 7) is 7.61. The maximum Gasteiger partial charge on any atom is 0.303 e. The zero-order valence-electron chi connectivity index (χ0n) is 31.5. The third-order valence-corrected chi connectivity index (χ3v) is 12.9. The van der Waals surface area contributed by atoms with E-state index in [4.69, 9.17) is 14.6 Å². The fourth-order valence-corrected chi connectivity index (χ4v) is 9.10. The maximum atomic E-state index is 12.3. The van der Waals surface area contributed by atoms with E-state index < -0.39 is 52.9 Å². The van der Waals surface area contributed by atoms with Crippen molar-refractivity contribution in [2.75, 3.05) is 50.7 Å². The van der Waals surface area contributed by atoms with E-state index in [-0.39, 0.29) is 35.7 Å². The summed E-state index contributed by atoms with van der Waals surface area (Å²) < 4.78 is 115. The van der Waals surface area contributed by atoms with Gasteiger partial charge in [0.15, 0.2) is 5.71 Å². The van der Waals surface area contributed by atoms with Crippen molar-refractivity contribution in [1.82, 2.24) is 0 Å². The zero-order valence-corrected chi connectivity index (χ0v) is 33.9. The van der Waals surface area contributed by atoms with Crippen LogP contribution >= 0.6 is 0 Å². The topological polar surface area (TPSA) is 225 Å². The fraction of sp³-hybridized carbons (Fsp3) is 0.514. The summed E-state index contributed by atoms with van der Waals surface area (Å²) in [6, 6.07) is 8.72. The Hall–Kier alpha value is -3.49. The molecular formula is C37H51N2O13S3+. The Morgan fingerprint density at radius 3 is 2.09 bits per heavy atom. The Bertz CT molecular complexity index is 2180. The molecule has 2 aliphatic heterocycles. The monoisotopic (exact) mass is 827 g/mol. The number of benzene rings is 2. The van der Waals surface area contributed by atoms with Crippen LogP contribution in [-0.4, -0.2) is 106 Å². The van der Waals surface area contributed by atoms with Crippen molar-refractivity contribution < 1.29 is 62.9 Å². The molecule has 0 bridgehead atoms. The molecule has 2 atom stereocenters. The molecule has 55 heavy (non-hydrogen) atoms. The second-order valence-corrected chi connectivity index (χ2v) is 18.5. The number of hydrogen-bond acceptors (Lipinski definition) is 10. The fourth-order valence-electron chi connectivity index (χ4n) is 7.57. The first-order chi connectivity index (χ1) is 25.7.